The molecule has 3 aromatic rings. The van der Waals surface area contributed by atoms with E-state index in [1.807, 2.05) is 37.3 Å². The average molecular weight is 499 g/mol. The Hall–Kier alpha value is -2.47. The highest BCUT2D eigenvalue weighted by Crippen LogP contribution is 2.47. The molecule has 1 amide bonds. The molecule has 1 aliphatic rings. The lowest BCUT2D eigenvalue weighted by Crippen LogP contribution is -2.47. The number of rotatable bonds is 5. The van der Waals surface area contributed by atoms with Crippen LogP contribution in [0.5, 0.6) is 0 Å². The first-order valence-electron chi connectivity index (χ1n) is 9.91. The summed E-state index contributed by atoms with van der Waals surface area (Å²) >= 11 is 9.37. The van der Waals surface area contributed by atoms with Gasteiger partial charge in [0.2, 0.25) is 0 Å². The van der Waals surface area contributed by atoms with Crippen molar-refractivity contribution in [1.29, 1.82) is 0 Å². The lowest BCUT2D eigenvalue weighted by atomic mass is 9.79. The van der Waals surface area contributed by atoms with Crippen molar-refractivity contribution in [3.8, 4) is 0 Å². The quantitative estimate of drug-likeness (QED) is 0.462. The molecule has 0 saturated carbocycles. The molecule has 0 fully saturated rings. The number of hydrogen-bond donors (Lipinski definition) is 1. The molecular weight excluding hydrogens is 478 g/mol. The summed E-state index contributed by atoms with van der Waals surface area (Å²) in [5.74, 6) is -1.82. The van der Waals surface area contributed by atoms with Crippen LogP contribution in [0, 0.1) is 12.8 Å². The van der Waals surface area contributed by atoms with E-state index in [-0.39, 0.29) is 5.78 Å². The van der Waals surface area contributed by atoms with Crippen LogP contribution in [-0.2, 0) is 16.9 Å². The summed E-state index contributed by atoms with van der Waals surface area (Å²) in [5, 5.41) is 12.2. The number of fused-ring (bicyclic) bond motifs is 1. The van der Waals surface area contributed by atoms with Crippen LogP contribution in [0.3, 0.4) is 0 Å². The van der Waals surface area contributed by atoms with Crippen LogP contribution in [0.1, 0.15) is 34.0 Å². The molecule has 0 bridgehead atoms. The van der Waals surface area contributed by atoms with Gasteiger partial charge in [0.15, 0.2) is 11.4 Å². The summed E-state index contributed by atoms with van der Waals surface area (Å²) < 4.78 is 0.723. The number of anilines is 1. The molecule has 0 radical (unpaired) electrons. The summed E-state index contributed by atoms with van der Waals surface area (Å²) in [5.41, 5.74) is 1.52. The van der Waals surface area contributed by atoms with Gasteiger partial charge in [0, 0.05) is 20.6 Å². The highest BCUT2D eigenvalue weighted by Gasteiger charge is 2.55. The molecule has 4 rings (SSSR count). The number of aryl methyl sites for hydroxylation is 1. The molecule has 0 aliphatic carbocycles. The predicted octanol–water partition coefficient (Wildman–Crippen LogP) is 5.66. The zero-order chi connectivity index (χ0) is 22.3. The number of carbonyl (C=O) groups excluding carboxylic acids is 2. The number of Topliss-reactive ketones (excluding diaryl/α,β-unsaturated/α-hetero) is 1. The third-order valence-corrected chi connectivity index (χ3v) is 6.59. The molecule has 0 spiro atoms. The molecule has 1 N–H and O–H groups in total. The Bertz CT molecular complexity index is 1160. The second-order valence-electron chi connectivity index (χ2n) is 7.90. The van der Waals surface area contributed by atoms with E-state index in [0.717, 1.165) is 15.6 Å². The van der Waals surface area contributed by atoms with Crippen molar-refractivity contribution < 1.29 is 14.7 Å². The van der Waals surface area contributed by atoms with Crippen molar-refractivity contribution in [3.63, 3.8) is 0 Å². The van der Waals surface area contributed by atoms with Gasteiger partial charge < -0.3 is 10.0 Å². The van der Waals surface area contributed by atoms with Gasteiger partial charge >= 0.3 is 0 Å². The Morgan fingerprint density at radius 2 is 1.74 bits per heavy atom. The van der Waals surface area contributed by atoms with E-state index in [1.54, 1.807) is 48.2 Å². The first-order valence-corrected chi connectivity index (χ1v) is 11.1. The monoisotopic (exact) mass is 497 g/mol. The van der Waals surface area contributed by atoms with Crippen LogP contribution in [0.2, 0.25) is 5.02 Å². The van der Waals surface area contributed by atoms with Crippen molar-refractivity contribution in [2.24, 2.45) is 5.92 Å². The summed E-state index contributed by atoms with van der Waals surface area (Å²) in [6.07, 6.45) is 0. The molecule has 31 heavy (non-hydrogen) atoms. The standard InChI is InChI=1S/C25H21BrClNO3/c1-15-3-5-17(6-4-15)14-28-22-12-9-19(26)13-21(22)25(31,24(28)30)16(2)23(29)18-7-10-20(27)11-8-18/h3-13,16,31H,14H2,1-2H3/t16-,25-/m1/s1. The largest absolute Gasteiger partial charge is 0.375 e. The van der Waals surface area contributed by atoms with Gasteiger partial charge in [-0.05, 0) is 55.0 Å². The van der Waals surface area contributed by atoms with E-state index in [1.165, 1.54) is 0 Å². The van der Waals surface area contributed by atoms with Crippen LogP contribution >= 0.6 is 27.5 Å². The molecule has 6 heteroatoms. The van der Waals surface area contributed by atoms with Gasteiger partial charge in [-0.15, -0.1) is 0 Å². The van der Waals surface area contributed by atoms with Gasteiger partial charge in [0.25, 0.3) is 5.91 Å². The fourth-order valence-electron chi connectivity index (χ4n) is 3.98. The van der Waals surface area contributed by atoms with Crippen LogP contribution < -0.4 is 4.90 Å². The molecule has 3 aromatic carbocycles. The van der Waals surface area contributed by atoms with Gasteiger partial charge in [-0.3, -0.25) is 9.59 Å². The lowest BCUT2D eigenvalue weighted by molar-refractivity contribution is -0.139. The molecule has 2 atom stereocenters. The number of hydrogen-bond acceptors (Lipinski definition) is 3. The first kappa shape index (κ1) is 21.8. The zero-order valence-corrected chi connectivity index (χ0v) is 19.4. The molecular formula is C25H21BrClNO3. The fourth-order valence-corrected chi connectivity index (χ4v) is 4.47. The van der Waals surface area contributed by atoms with Crippen LogP contribution in [0.15, 0.2) is 71.2 Å². The normalized spacial score (nSPS) is 18.7. The second-order valence-corrected chi connectivity index (χ2v) is 9.25. The molecule has 158 valence electrons. The maximum absolute atomic E-state index is 13.6. The minimum Gasteiger partial charge on any atom is -0.375 e. The topological polar surface area (TPSA) is 57.6 Å². The minimum atomic E-state index is -1.97. The second kappa shape index (κ2) is 8.23. The summed E-state index contributed by atoms with van der Waals surface area (Å²) in [6, 6.07) is 19.7. The number of benzene rings is 3. The Morgan fingerprint density at radius 3 is 2.39 bits per heavy atom. The molecule has 4 nitrogen and oxygen atoms in total. The van der Waals surface area contributed by atoms with Gasteiger partial charge in [0.1, 0.15) is 0 Å². The molecule has 1 aliphatic heterocycles. The number of nitrogens with zero attached hydrogens (tertiary/aromatic N) is 1. The van der Waals surface area contributed by atoms with Crippen molar-refractivity contribution in [2.75, 3.05) is 4.90 Å². The lowest BCUT2D eigenvalue weighted by Gasteiger charge is -2.28. The van der Waals surface area contributed by atoms with Crippen molar-refractivity contribution in [3.05, 3.63) is 98.5 Å². The van der Waals surface area contributed by atoms with Crippen molar-refractivity contribution >= 4 is 44.9 Å². The maximum atomic E-state index is 13.6. The van der Waals surface area contributed by atoms with E-state index in [0.29, 0.717) is 28.4 Å². The number of halogens is 2. The highest BCUT2D eigenvalue weighted by molar-refractivity contribution is 9.10. The first-order chi connectivity index (χ1) is 14.7. The Morgan fingerprint density at radius 1 is 1.10 bits per heavy atom. The average Bonchev–Trinajstić information content (AvgIpc) is 2.97. The highest BCUT2D eigenvalue weighted by atomic mass is 79.9. The summed E-state index contributed by atoms with van der Waals surface area (Å²) in [7, 11) is 0. The van der Waals surface area contributed by atoms with E-state index >= 15 is 0 Å². The van der Waals surface area contributed by atoms with Gasteiger partial charge in [-0.2, -0.15) is 0 Å². The maximum Gasteiger partial charge on any atom is 0.264 e. The van der Waals surface area contributed by atoms with Gasteiger partial charge in [0.05, 0.1) is 18.2 Å². The molecule has 0 unspecified atom stereocenters. The van der Waals surface area contributed by atoms with Crippen LogP contribution in [0.25, 0.3) is 0 Å². The zero-order valence-electron chi connectivity index (χ0n) is 17.1. The number of ketones is 1. The summed E-state index contributed by atoms with van der Waals surface area (Å²) in [4.78, 5) is 28.3. The van der Waals surface area contributed by atoms with E-state index in [9.17, 15) is 14.7 Å². The van der Waals surface area contributed by atoms with Crippen molar-refractivity contribution in [2.45, 2.75) is 26.0 Å². The van der Waals surface area contributed by atoms with Crippen LogP contribution in [-0.4, -0.2) is 16.8 Å². The molecule has 0 aromatic heterocycles. The molecule has 1 heterocycles. The van der Waals surface area contributed by atoms with Gasteiger partial charge in [-0.1, -0.05) is 64.3 Å². The smallest absolute Gasteiger partial charge is 0.264 e. The van der Waals surface area contributed by atoms with Crippen LogP contribution in [0.4, 0.5) is 5.69 Å². The Labute approximate surface area is 194 Å². The number of amides is 1. The Kier molecular flexibility index (Phi) is 5.77. The number of aliphatic hydroxyl groups is 1. The third kappa shape index (κ3) is 3.82. The summed E-state index contributed by atoms with van der Waals surface area (Å²) in [6.45, 7) is 3.90. The predicted molar refractivity (Wildman–Crippen MR) is 125 cm³/mol. The van der Waals surface area contributed by atoms with E-state index in [2.05, 4.69) is 15.9 Å². The number of carbonyl (C=O) groups is 2. The SMILES string of the molecule is Cc1ccc(CN2C(=O)[C@@](O)([C@H](C)C(=O)c3ccc(Cl)cc3)c3cc(Br)ccc32)cc1. The fraction of sp³-hybridized carbons (Fsp3) is 0.200. The van der Waals surface area contributed by atoms with E-state index < -0.39 is 17.4 Å². The molecule has 0 saturated heterocycles. The van der Waals surface area contributed by atoms with E-state index in [4.69, 9.17) is 11.6 Å². The van der Waals surface area contributed by atoms with Crippen molar-refractivity contribution in [1.82, 2.24) is 0 Å². The minimum absolute atomic E-state index is 0.303. The third-order valence-electron chi connectivity index (χ3n) is 5.84. The van der Waals surface area contributed by atoms with Gasteiger partial charge in [-0.25, -0.2) is 0 Å². The Balaban J connectivity index is 1.75.